The van der Waals surface area contributed by atoms with Gasteiger partial charge < -0.3 is 5.73 Å². The highest BCUT2D eigenvalue weighted by Crippen LogP contribution is 2.15. The Morgan fingerprint density at radius 3 is 2.95 bits per heavy atom. The first kappa shape index (κ1) is 13.9. The Bertz CT molecular complexity index is 568. The van der Waals surface area contributed by atoms with E-state index in [4.69, 9.17) is 18.0 Å². The molecule has 0 unspecified atom stereocenters. The largest absolute Gasteiger partial charge is 0.392 e. The summed E-state index contributed by atoms with van der Waals surface area (Å²) < 4.78 is 0. The molecular formula is C15H19N3S. The van der Waals surface area contributed by atoms with Gasteiger partial charge in [-0.15, -0.1) is 0 Å². The highest BCUT2D eigenvalue weighted by molar-refractivity contribution is 7.80. The van der Waals surface area contributed by atoms with Gasteiger partial charge in [0.05, 0.1) is 10.5 Å². The van der Waals surface area contributed by atoms with Crippen molar-refractivity contribution in [2.45, 2.75) is 19.9 Å². The number of aromatic nitrogens is 1. The Hall–Kier alpha value is -1.52. The van der Waals surface area contributed by atoms with Gasteiger partial charge in [-0.2, -0.15) is 0 Å². The van der Waals surface area contributed by atoms with Gasteiger partial charge in [0.1, 0.15) is 0 Å². The van der Waals surface area contributed by atoms with Crippen molar-refractivity contribution in [2.75, 3.05) is 13.1 Å². The second-order valence-electron chi connectivity index (χ2n) is 4.71. The van der Waals surface area contributed by atoms with E-state index in [1.807, 2.05) is 12.3 Å². The van der Waals surface area contributed by atoms with Gasteiger partial charge in [-0.3, -0.25) is 9.88 Å². The second kappa shape index (κ2) is 6.59. The molecule has 0 aliphatic heterocycles. The third kappa shape index (κ3) is 3.98. The van der Waals surface area contributed by atoms with Crippen LogP contribution in [0.1, 0.15) is 18.9 Å². The minimum absolute atomic E-state index is 0.552. The lowest BCUT2D eigenvalue weighted by atomic mass is 10.1. The molecule has 0 fully saturated rings. The summed E-state index contributed by atoms with van der Waals surface area (Å²) >= 11 is 5.01. The summed E-state index contributed by atoms with van der Waals surface area (Å²) in [4.78, 5) is 7.16. The number of nitrogens with two attached hydrogens (primary N) is 1. The SMILES string of the molecule is CCCN(CC(N)=S)Cc1ccc2ncccc2c1. The van der Waals surface area contributed by atoms with Crippen molar-refractivity contribution in [3.8, 4) is 0 Å². The van der Waals surface area contributed by atoms with Crippen LogP contribution >= 0.6 is 12.2 Å². The highest BCUT2D eigenvalue weighted by atomic mass is 32.1. The molecule has 0 atom stereocenters. The zero-order chi connectivity index (χ0) is 13.7. The molecule has 0 aliphatic carbocycles. The van der Waals surface area contributed by atoms with Crippen LogP contribution in [0.15, 0.2) is 36.5 Å². The van der Waals surface area contributed by atoms with Crippen LogP contribution in [0.25, 0.3) is 10.9 Å². The molecule has 0 aliphatic rings. The molecule has 2 rings (SSSR count). The van der Waals surface area contributed by atoms with Gasteiger partial charge in [0.15, 0.2) is 0 Å². The fourth-order valence-electron chi connectivity index (χ4n) is 2.23. The minimum atomic E-state index is 0.552. The van der Waals surface area contributed by atoms with E-state index in [2.05, 4.69) is 41.1 Å². The van der Waals surface area contributed by atoms with Gasteiger partial charge in [0.25, 0.3) is 0 Å². The molecule has 1 heterocycles. The van der Waals surface area contributed by atoms with E-state index in [9.17, 15) is 0 Å². The van der Waals surface area contributed by atoms with E-state index >= 15 is 0 Å². The van der Waals surface area contributed by atoms with Gasteiger partial charge in [-0.25, -0.2) is 0 Å². The maximum Gasteiger partial charge on any atom is 0.0870 e. The first-order valence-electron chi connectivity index (χ1n) is 6.53. The number of fused-ring (bicyclic) bond motifs is 1. The summed E-state index contributed by atoms with van der Waals surface area (Å²) in [6.45, 7) is 4.71. The number of thiocarbonyl (C=S) groups is 1. The van der Waals surface area contributed by atoms with E-state index in [1.165, 1.54) is 10.9 Å². The van der Waals surface area contributed by atoms with Gasteiger partial charge in [0, 0.05) is 24.7 Å². The Morgan fingerprint density at radius 2 is 2.21 bits per heavy atom. The first-order valence-corrected chi connectivity index (χ1v) is 6.94. The maximum absolute atomic E-state index is 5.65. The molecule has 0 bridgehead atoms. The molecule has 2 aromatic rings. The number of hydrogen-bond donors (Lipinski definition) is 1. The summed E-state index contributed by atoms with van der Waals surface area (Å²) in [5, 5.41) is 1.17. The topological polar surface area (TPSA) is 42.1 Å². The highest BCUT2D eigenvalue weighted by Gasteiger charge is 2.07. The van der Waals surface area contributed by atoms with Crippen molar-refractivity contribution in [1.29, 1.82) is 0 Å². The lowest BCUT2D eigenvalue weighted by Gasteiger charge is -2.21. The quantitative estimate of drug-likeness (QED) is 0.822. The Morgan fingerprint density at radius 1 is 1.37 bits per heavy atom. The standard InChI is InChI=1S/C15H19N3S/c1-2-8-18(11-15(16)19)10-12-5-6-14-13(9-12)4-3-7-17-14/h3-7,9H,2,8,10-11H2,1H3,(H2,16,19). The molecule has 0 saturated heterocycles. The summed E-state index contributed by atoms with van der Waals surface area (Å²) in [5.41, 5.74) is 7.95. The van der Waals surface area contributed by atoms with E-state index in [-0.39, 0.29) is 0 Å². The molecule has 1 aromatic carbocycles. The van der Waals surface area contributed by atoms with E-state index in [0.717, 1.165) is 25.0 Å². The predicted octanol–water partition coefficient (Wildman–Crippen LogP) is 2.73. The van der Waals surface area contributed by atoms with Crippen LogP contribution in [0.5, 0.6) is 0 Å². The molecule has 0 radical (unpaired) electrons. The zero-order valence-corrected chi connectivity index (χ0v) is 12.0. The van der Waals surface area contributed by atoms with Gasteiger partial charge in [0.2, 0.25) is 0 Å². The monoisotopic (exact) mass is 273 g/mol. The smallest absolute Gasteiger partial charge is 0.0870 e. The van der Waals surface area contributed by atoms with Crippen LogP contribution in [0, 0.1) is 0 Å². The van der Waals surface area contributed by atoms with E-state index in [0.29, 0.717) is 11.5 Å². The molecule has 0 saturated carbocycles. The van der Waals surface area contributed by atoms with Crippen molar-refractivity contribution < 1.29 is 0 Å². The van der Waals surface area contributed by atoms with Gasteiger partial charge >= 0.3 is 0 Å². The summed E-state index contributed by atoms with van der Waals surface area (Å²) in [6, 6.07) is 10.4. The molecule has 19 heavy (non-hydrogen) atoms. The van der Waals surface area contributed by atoms with Gasteiger partial charge in [-0.05, 0) is 36.7 Å². The van der Waals surface area contributed by atoms with Crippen molar-refractivity contribution in [1.82, 2.24) is 9.88 Å². The third-order valence-electron chi connectivity index (χ3n) is 2.99. The maximum atomic E-state index is 5.65. The second-order valence-corrected chi connectivity index (χ2v) is 5.23. The summed E-state index contributed by atoms with van der Waals surface area (Å²) in [7, 11) is 0. The van der Waals surface area contributed by atoms with Crippen molar-refractivity contribution in [3.63, 3.8) is 0 Å². The lowest BCUT2D eigenvalue weighted by Crippen LogP contribution is -2.32. The van der Waals surface area contributed by atoms with E-state index in [1.54, 1.807) is 0 Å². The Balaban J connectivity index is 2.16. The van der Waals surface area contributed by atoms with Crippen LogP contribution in [0.3, 0.4) is 0 Å². The fourth-order valence-corrected chi connectivity index (χ4v) is 2.41. The molecule has 1 aromatic heterocycles. The van der Waals surface area contributed by atoms with E-state index < -0.39 is 0 Å². The van der Waals surface area contributed by atoms with Gasteiger partial charge in [-0.1, -0.05) is 31.3 Å². The number of nitrogens with zero attached hydrogens (tertiary/aromatic N) is 2. The molecule has 2 N–H and O–H groups in total. The molecule has 100 valence electrons. The summed E-state index contributed by atoms with van der Waals surface area (Å²) in [6.07, 6.45) is 2.91. The Kier molecular flexibility index (Phi) is 4.82. The van der Waals surface area contributed by atoms with Crippen molar-refractivity contribution in [2.24, 2.45) is 5.73 Å². The average molecular weight is 273 g/mol. The number of pyridine rings is 1. The number of benzene rings is 1. The number of rotatable bonds is 6. The summed E-state index contributed by atoms with van der Waals surface area (Å²) in [5.74, 6) is 0. The Labute approximate surface area is 119 Å². The molecule has 0 spiro atoms. The lowest BCUT2D eigenvalue weighted by molar-refractivity contribution is 0.304. The molecule has 4 heteroatoms. The van der Waals surface area contributed by atoms with Crippen LogP contribution in [0.2, 0.25) is 0 Å². The van der Waals surface area contributed by atoms with Crippen LogP contribution < -0.4 is 5.73 Å². The molecule has 3 nitrogen and oxygen atoms in total. The zero-order valence-electron chi connectivity index (χ0n) is 11.2. The molecular weight excluding hydrogens is 254 g/mol. The van der Waals surface area contributed by atoms with Crippen LogP contribution in [0.4, 0.5) is 0 Å². The minimum Gasteiger partial charge on any atom is -0.392 e. The first-order chi connectivity index (χ1) is 9.19. The van der Waals surface area contributed by atoms with Crippen molar-refractivity contribution in [3.05, 3.63) is 42.1 Å². The van der Waals surface area contributed by atoms with Crippen LogP contribution in [-0.4, -0.2) is 28.0 Å². The fraction of sp³-hybridized carbons (Fsp3) is 0.333. The normalized spacial score (nSPS) is 11.1. The number of hydrogen-bond acceptors (Lipinski definition) is 3. The third-order valence-corrected chi connectivity index (χ3v) is 3.12. The van der Waals surface area contributed by atoms with Crippen molar-refractivity contribution >= 4 is 28.1 Å². The average Bonchev–Trinajstić information content (AvgIpc) is 2.38. The van der Waals surface area contributed by atoms with Crippen LogP contribution in [-0.2, 0) is 6.54 Å². The molecule has 0 amide bonds. The predicted molar refractivity (Wildman–Crippen MR) is 84.1 cm³/mol.